The van der Waals surface area contributed by atoms with E-state index in [9.17, 15) is 18.0 Å². The van der Waals surface area contributed by atoms with Crippen molar-refractivity contribution < 1.29 is 18.0 Å². The van der Waals surface area contributed by atoms with Gasteiger partial charge in [-0.3, -0.25) is 9.59 Å². The van der Waals surface area contributed by atoms with E-state index in [1.807, 2.05) is 0 Å². The number of anilines is 1. The third-order valence-corrected chi connectivity index (χ3v) is 4.57. The number of Topliss-reactive ketones (excluding diaryl/α,β-unsaturated/α-hetero) is 1. The van der Waals surface area contributed by atoms with Gasteiger partial charge in [0.2, 0.25) is 15.9 Å². The van der Waals surface area contributed by atoms with E-state index in [-0.39, 0.29) is 36.3 Å². The van der Waals surface area contributed by atoms with Crippen molar-refractivity contribution in [2.75, 3.05) is 17.2 Å². The van der Waals surface area contributed by atoms with Gasteiger partial charge in [-0.1, -0.05) is 11.6 Å². The Bertz CT molecular complexity index is 702. The Morgan fingerprint density at radius 1 is 1.48 bits per heavy atom. The molecule has 0 aliphatic carbocycles. The predicted octanol–water partition coefficient (Wildman–Crippen LogP) is 1.18. The summed E-state index contributed by atoms with van der Waals surface area (Å²) >= 11 is 6.08. The summed E-state index contributed by atoms with van der Waals surface area (Å²) in [5.41, 5.74) is 0.864. The maximum Gasteiger partial charge on any atom is 0.227 e. The van der Waals surface area contributed by atoms with Gasteiger partial charge in [0.1, 0.15) is 0 Å². The highest BCUT2D eigenvalue weighted by atomic mass is 35.5. The summed E-state index contributed by atoms with van der Waals surface area (Å²) in [5, 5.41) is 5.35. The van der Waals surface area contributed by atoms with Crippen LogP contribution in [0, 0.1) is 5.92 Å². The van der Waals surface area contributed by atoms with Gasteiger partial charge in [-0.2, -0.15) is 0 Å². The Kier molecular flexibility index (Phi) is 4.36. The smallest absolute Gasteiger partial charge is 0.227 e. The highest BCUT2D eigenvalue weighted by molar-refractivity contribution is 7.89. The van der Waals surface area contributed by atoms with Crippen molar-refractivity contribution >= 4 is 39.0 Å². The first-order chi connectivity index (χ1) is 9.67. The molecule has 1 aliphatic heterocycles. The van der Waals surface area contributed by atoms with E-state index in [1.165, 1.54) is 11.8 Å². The second-order valence-corrected chi connectivity index (χ2v) is 7.19. The van der Waals surface area contributed by atoms with Crippen LogP contribution in [0.5, 0.6) is 0 Å². The van der Waals surface area contributed by atoms with Crippen LogP contribution in [0.25, 0.3) is 0 Å². The quantitative estimate of drug-likeness (QED) is 0.838. The van der Waals surface area contributed by atoms with Crippen LogP contribution in [-0.2, 0) is 14.8 Å². The summed E-state index contributed by atoms with van der Waals surface area (Å²) in [6.45, 7) is 1.64. The summed E-state index contributed by atoms with van der Waals surface area (Å²) in [6.07, 6.45) is 0.0943. The first-order valence-electron chi connectivity index (χ1n) is 6.28. The number of nitrogens with zero attached hydrogens (tertiary/aromatic N) is 1. The van der Waals surface area contributed by atoms with Crippen molar-refractivity contribution in [3.8, 4) is 0 Å². The number of sulfonamides is 1. The van der Waals surface area contributed by atoms with Gasteiger partial charge in [-0.05, 0) is 25.1 Å². The average molecular weight is 331 g/mol. The van der Waals surface area contributed by atoms with E-state index in [0.29, 0.717) is 16.3 Å². The Labute approximate surface area is 127 Å². The summed E-state index contributed by atoms with van der Waals surface area (Å²) in [7, 11) is -3.63. The Morgan fingerprint density at radius 3 is 2.71 bits per heavy atom. The largest absolute Gasteiger partial charge is 0.311 e. The number of carbonyl (C=O) groups excluding carboxylic acids is 2. The van der Waals surface area contributed by atoms with Crippen LogP contribution in [0.2, 0.25) is 5.02 Å². The summed E-state index contributed by atoms with van der Waals surface area (Å²) in [6, 6.07) is 4.67. The third-order valence-electron chi connectivity index (χ3n) is 3.32. The standard InChI is InChI=1S/C13H15ClN2O4S/c1-8(17)10-2-3-11(14)12(5-10)16-6-9(4-13(16)18)7-21(15,19)20/h2-3,5,9H,4,6-7H2,1H3,(H2,15,19,20). The van der Waals surface area contributed by atoms with Gasteiger partial charge < -0.3 is 4.90 Å². The molecule has 0 saturated carbocycles. The highest BCUT2D eigenvalue weighted by Gasteiger charge is 2.33. The van der Waals surface area contributed by atoms with Crippen molar-refractivity contribution in [2.24, 2.45) is 11.1 Å². The van der Waals surface area contributed by atoms with Crippen molar-refractivity contribution in [3.05, 3.63) is 28.8 Å². The maximum absolute atomic E-state index is 12.1. The molecule has 2 N–H and O–H groups in total. The molecule has 0 aromatic heterocycles. The van der Waals surface area contributed by atoms with Crippen LogP contribution in [0.15, 0.2) is 18.2 Å². The minimum Gasteiger partial charge on any atom is -0.311 e. The number of nitrogens with two attached hydrogens (primary N) is 1. The monoisotopic (exact) mass is 330 g/mol. The maximum atomic E-state index is 12.1. The molecule has 0 bridgehead atoms. The molecule has 1 unspecified atom stereocenters. The minimum atomic E-state index is -3.63. The summed E-state index contributed by atoms with van der Waals surface area (Å²) in [4.78, 5) is 24.9. The fraction of sp³-hybridized carbons (Fsp3) is 0.385. The normalized spacial score (nSPS) is 19.1. The van der Waals surface area contributed by atoms with Crippen LogP contribution in [0.4, 0.5) is 5.69 Å². The predicted molar refractivity (Wildman–Crippen MR) is 79.9 cm³/mol. The van der Waals surface area contributed by atoms with Crippen molar-refractivity contribution in [1.29, 1.82) is 0 Å². The van der Waals surface area contributed by atoms with Gasteiger partial charge >= 0.3 is 0 Å². The molecule has 1 heterocycles. The molecular weight excluding hydrogens is 316 g/mol. The summed E-state index contributed by atoms with van der Waals surface area (Å²) < 4.78 is 22.2. The number of amides is 1. The van der Waals surface area contributed by atoms with Gasteiger partial charge in [0, 0.05) is 24.4 Å². The van der Waals surface area contributed by atoms with Gasteiger partial charge in [-0.25, -0.2) is 13.6 Å². The molecule has 1 atom stereocenters. The molecular formula is C13H15ClN2O4S. The Morgan fingerprint density at radius 2 is 2.14 bits per heavy atom. The van der Waals surface area contributed by atoms with E-state index in [0.717, 1.165) is 0 Å². The zero-order valence-electron chi connectivity index (χ0n) is 11.4. The number of rotatable bonds is 4. The van der Waals surface area contributed by atoms with Gasteiger partial charge in [-0.15, -0.1) is 0 Å². The van der Waals surface area contributed by atoms with Crippen LogP contribution in [0.1, 0.15) is 23.7 Å². The van der Waals surface area contributed by atoms with Crippen LogP contribution in [0.3, 0.4) is 0 Å². The average Bonchev–Trinajstić information content (AvgIpc) is 2.67. The fourth-order valence-corrected chi connectivity index (χ4v) is 3.49. The van der Waals surface area contributed by atoms with Crippen LogP contribution >= 0.6 is 11.6 Å². The molecule has 0 spiro atoms. The second kappa shape index (κ2) is 5.75. The van der Waals surface area contributed by atoms with Crippen molar-refractivity contribution in [2.45, 2.75) is 13.3 Å². The molecule has 6 nitrogen and oxygen atoms in total. The molecule has 0 radical (unpaired) electrons. The molecule has 1 aliphatic rings. The molecule has 8 heteroatoms. The van der Waals surface area contributed by atoms with Gasteiger partial charge in [0.15, 0.2) is 5.78 Å². The van der Waals surface area contributed by atoms with Crippen LogP contribution in [-0.4, -0.2) is 32.4 Å². The van der Waals surface area contributed by atoms with Crippen LogP contribution < -0.4 is 10.0 Å². The van der Waals surface area contributed by atoms with E-state index in [4.69, 9.17) is 16.7 Å². The first kappa shape index (κ1) is 15.9. The van der Waals surface area contributed by atoms with Crippen molar-refractivity contribution in [1.82, 2.24) is 0 Å². The number of primary sulfonamides is 1. The molecule has 1 aromatic rings. The number of hydrogen-bond acceptors (Lipinski definition) is 4. The molecule has 1 aromatic carbocycles. The molecule has 114 valence electrons. The zero-order chi connectivity index (χ0) is 15.8. The van der Waals surface area contributed by atoms with Crippen molar-refractivity contribution in [3.63, 3.8) is 0 Å². The van der Waals surface area contributed by atoms with Gasteiger partial charge in [0.25, 0.3) is 0 Å². The lowest BCUT2D eigenvalue weighted by atomic mass is 10.1. The highest BCUT2D eigenvalue weighted by Crippen LogP contribution is 2.32. The lowest BCUT2D eigenvalue weighted by Gasteiger charge is -2.18. The van der Waals surface area contributed by atoms with E-state index >= 15 is 0 Å². The number of benzene rings is 1. The SMILES string of the molecule is CC(=O)c1ccc(Cl)c(N2CC(CS(N)(=O)=O)CC2=O)c1. The summed E-state index contributed by atoms with van der Waals surface area (Å²) in [5.74, 6) is -0.990. The number of halogens is 1. The topological polar surface area (TPSA) is 97.5 Å². The Hall–Kier alpha value is -1.44. The molecule has 1 saturated heterocycles. The molecule has 2 rings (SSSR count). The third kappa shape index (κ3) is 3.81. The lowest BCUT2D eigenvalue weighted by molar-refractivity contribution is -0.117. The molecule has 1 fully saturated rings. The first-order valence-corrected chi connectivity index (χ1v) is 8.38. The fourth-order valence-electron chi connectivity index (χ4n) is 2.39. The van der Waals surface area contributed by atoms with Gasteiger partial charge in [0.05, 0.1) is 16.5 Å². The lowest BCUT2D eigenvalue weighted by Crippen LogP contribution is -2.27. The molecule has 1 amide bonds. The minimum absolute atomic E-state index is 0.0943. The number of hydrogen-bond donors (Lipinski definition) is 1. The van der Waals surface area contributed by atoms with E-state index in [1.54, 1.807) is 18.2 Å². The Balaban J connectivity index is 2.28. The van der Waals surface area contributed by atoms with E-state index < -0.39 is 10.0 Å². The van der Waals surface area contributed by atoms with E-state index in [2.05, 4.69) is 0 Å². The zero-order valence-corrected chi connectivity index (χ0v) is 12.9. The number of carbonyl (C=O) groups is 2. The molecule has 21 heavy (non-hydrogen) atoms. The number of ketones is 1. The second-order valence-electron chi connectivity index (χ2n) is 5.13.